The molecule has 0 atom stereocenters. The fraction of sp³-hybridized carbons (Fsp3) is 0.250. The number of benzene rings is 6. The van der Waals surface area contributed by atoms with Crippen LogP contribution in [0.3, 0.4) is 0 Å². The summed E-state index contributed by atoms with van der Waals surface area (Å²) in [4.78, 5) is 10.3. The van der Waals surface area contributed by atoms with Crippen LogP contribution in [0.25, 0.3) is 54.3 Å². The van der Waals surface area contributed by atoms with Crippen molar-refractivity contribution in [1.82, 2.24) is 9.97 Å². The van der Waals surface area contributed by atoms with Crippen molar-refractivity contribution in [2.75, 3.05) is 0 Å². The van der Waals surface area contributed by atoms with Crippen molar-refractivity contribution in [3.05, 3.63) is 185 Å². The van der Waals surface area contributed by atoms with Gasteiger partial charge in [-0.1, -0.05) is 190 Å². The predicted molar refractivity (Wildman–Crippen MR) is 254 cm³/mol. The van der Waals surface area contributed by atoms with Crippen LogP contribution in [0.4, 0.5) is 0 Å². The second-order valence-corrected chi connectivity index (χ2v) is 20.3. The Kier molecular flexibility index (Phi) is 12.0. The van der Waals surface area contributed by atoms with E-state index in [1.54, 1.807) is 11.3 Å². The van der Waals surface area contributed by atoms with E-state index in [2.05, 4.69) is 215 Å². The van der Waals surface area contributed by atoms with Gasteiger partial charge in [-0.15, -0.1) is 40.7 Å². The SMILES string of the molecule is CC(C)(C)c1cc(-c2cc(-c3ccc(C(C)(C)c4ccccc4)cc3)ccn2)[c-]c(-c2cccc3sc(-c4cc(C(C)(C)c5ccccc5)cc(C(C)(C)C)c4O)nc23)c1.[Pt]. The fourth-order valence-electron chi connectivity index (χ4n) is 8.18. The van der Waals surface area contributed by atoms with Crippen LogP contribution in [-0.2, 0) is 42.7 Å². The molecule has 8 rings (SSSR count). The molecule has 0 aliphatic rings. The Morgan fingerprint density at radius 3 is 1.70 bits per heavy atom. The van der Waals surface area contributed by atoms with E-state index in [0.29, 0.717) is 5.75 Å². The number of nitrogens with zero attached hydrogens (tertiary/aromatic N) is 2. The van der Waals surface area contributed by atoms with Gasteiger partial charge >= 0.3 is 0 Å². The van der Waals surface area contributed by atoms with Crippen LogP contribution < -0.4 is 0 Å². The normalized spacial score (nSPS) is 12.4. The number of phenolic OH excluding ortho intramolecular Hbond substituents is 1. The summed E-state index contributed by atoms with van der Waals surface area (Å²) in [5.74, 6) is 0.291. The first-order valence-corrected chi connectivity index (χ1v) is 21.8. The maximum Gasteiger partial charge on any atom is 0.129 e. The number of hydrogen-bond acceptors (Lipinski definition) is 4. The van der Waals surface area contributed by atoms with E-state index in [0.717, 1.165) is 65.4 Å². The first-order valence-electron chi connectivity index (χ1n) is 21.0. The molecule has 0 aliphatic carbocycles. The summed E-state index contributed by atoms with van der Waals surface area (Å²) in [6.45, 7) is 22.3. The first-order chi connectivity index (χ1) is 28.4. The molecule has 0 amide bonds. The maximum absolute atomic E-state index is 12.0. The second kappa shape index (κ2) is 16.6. The molecule has 0 radical (unpaired) electrons. The molecule has 0 spiro atoms. The van der Waals surface area contributed by atoms with Crippen molar-refractivity contribution < 1.29 is 26.2 Å². The van der Waals surface area contributed by atoms with Crippen molar-refractivity contribution >= 4 is 21.6 Å². The van der Waals surface area contributed by atoms with Crippen molar-refractivity contribution in [2.45, 2.75) is 90.9 Å². The minimum Gasteiger partial charge on any atom is -0.507 e. The second-order valence-electron chi connectivity index (χ2n) is 19.3. The van der Waals surface area contributed by atoms with E-state index in [1.165, 1.54) is 22.3 Å². The Balaban J connectivity index is 0.00000561. The molecule has 2 heterocycles. The van der Waals surface area contributed by atoms with Gasteiger partial charge < -0.3 is 5.11 Å². The van der Waals surface area contributed by atoms with Gasteiger partial charge in [-0.3, -0.25) is 4.98 Å². The van der Waals surface area contributed by atoms with Crippen LogP contribution >= 0.6 is 11.3 Å². The standard InChI is InChI=1S/C56H55N2OS.Pt/c1-53(2,3)43-31-38(30-39(32-43)48-33-37(28-29-57-48)36-24-26-42(27-25-36)55(7,8)40-18-13-11-14-19-40)45-22-17-23-49-50(45)58-52(60-49)46-34-44(35-47(51(46)59)54(4,5)6)56(9,10)41-20-15-12-16-21-41;/h11-29,31-35,59H,1-10H3;/q-1;. The van der Waals surface area contributed by atoms with E-state index in [4.69, 9.17) is 9.97 Å². The molecular formula is C56H55N2OPtS-. The molecule has 1 N–H and O–H groups in total. The molecule has 0 unspecified atom stereocenters. The number of thiazole rings is 1. The van der Waals surface area contributed by atoms with E-state index in [-0.39, 0.29) is 42.7 Å². The van der Waals surface area contributed by atoms with Crippen LogP contribution in [0.1, 0.15) is 103 Å². The molecule has 0 aliphatic heterocycles. The zero-order chi connectivity index (χ0) is 42.6. The summed E-state index contributed by atoms with van der Waals surface area (Å²) in [6.07, 6.45) is 1.91. The Bertz CT molecular complexity index is 2820. The van der Waals surface area contributed by atoms with E-state index in [9.17, 15) is 5.11 Å². The smallest absolute Gasteiger partial charge is 0.129 e. The van der Waals surface area contributed by atoms with Gasteiger partial charge in [0.05, 0.1) is 11.1 Å². The molecule has 6 aromatic carbocycles. The van der Waals surface area contributed by atoms with Crippen molar-refractivity contribution in [3.63, 3.8) is 0 Å². The van der Waals surface area contributed by atoms with Gasteiger partial charge in [0.1, 0.15) is 10.8 Å². The number of hydrogen-bond donors (Lipinski definition) is 1. The topological polar surface area (TPSA) is 46.0 Å². The zero-order valence-corrected chi connectivity index (χ0v) is 40.0. The van der Waals surface area contributed by atoms with Crippen molar-refractivity contribution in [3.8, 4) is 49.8 Å². The maximum atomic E-state index is 12.0. The number of para-hydroxylation sites is 1. The Labute approximate surface area is 381 Å². The quantitative estimate of drug-likeness (QED) is 0.154. The summed E-state index contributed by atoms with van der Waals surface area (Å²) in [5, 5.41) is 12.8. The van der Waals surface area contributed by atoms with Crippen LogP contribution in [-0.4, -0.2) is 15.1 Å². The molecule has 312 valence electrons. The third kappa shape index (κ3) is 8.68. The van der Waals surface area contributed by atoms with Crippen LogP contribution in [0.15, 0.2) is 146 Å². The molecule has 3 nitrogen and oxygen atoms in total. The molecule has 0 saturated heterocycles. The summed E-state index contributed by atoms with van der Waals surface area (Å²) >= 11 is 1.62. The van der Waals surface area contributed by atoms with E-state index in [1.807, 2.05) is 6.20 Å². The molecule has 5 heteroatoms. The van der Waals surface area contributed by atoms with Gasteiger partial charge in [-0.2, -0.15) is 0 Å². The number of aromatic hydroxyl groups is 1. The average Bonchev–Trinajstić information content (AvgIpc) is 3.68. The van der Waals surface area contributed by atoms with E-state index >= 15 is 0 Å². The Hall–Kier alpha value is -5.15. The fourth-order valence-corrected chi connectivity index (χ4v) is 9.19. The largest absolute Gasteiger partial charge is 0.507 e. The summed E-state index contributed by atoms with van der Waals surface area (Å²) in [5.41, 5.74) is 13.9. The van der Waals surface area contributed by atoms with Crippen LogP contribution in [0.5, 0.6) is 5.75 Å². The summed E-state index contributed by atoms with van der Waals surface area (Å²) in [6, 6.07) is 53.5. The predicted octanol–water partition coefficient (Wildman–Crippen LogP) is 15.1. The Morgan fingerprint density at radius 2 is 1.10 bits per heavy atom. The average molecular weight is 999 g/mol. The summed E-state index contributed by atoms with van der Waals surface area (Å²) in [7, 11) is 0. The van der Waals surface area contributed by atoms with Crippen LogP contribution in [0, 0.1) is 6.07 Å². The number of phenols is 1. The number of fused-ring (bicyclic) bond motifs is 1. The monoisotopic (exact) mass is 998 g/mol. The summed E-state index contributed by atoms with van der Waals surface area (Å²) < 4.78 is 1.06. The number of rotatable bonds is 8. The number of pyridine rings is 1. The molecule has 8 aromatic rings. The molecule has 2 aromatic heterocycles. The molecule has 0 saturated carbocycles. The van der Waals surface area contributed by atoms with E-state index < -0.39 is 0 Å². The minimum absolute atomic E-state index is 0. The number of aromatic nitrogens is 2. The van der Waals surface area contributed by atoms with Gasteiger partial charge in [0.2, 0.25) is 0 Å². The molecule has 0 bridgehead atoms. The van der Waals surface area contributed by atoms with Crippen molar-refractivity contribution in [2.24, 2.45) is 0 Å². The molecule has 61 heavy (non-hydrogen) atoms. The minimum atomic E-state index is -0.293. The zero-order valence-electron chi connectivity index (χ0n) is 36.9. The first kappa shape index (κ1) is 43.9. The molecular weight excluding hydrogens is 944 g/mol. The molecule has 0 fully saturated rings. The van der Waals surface area contributed by atoms with Gasteiger partial charge in [-0.05, 0) is 62.4 Å². The van der Waals surface area contributed by atoms with Gasteiger partial charge in [0.15, 0.2) is 0 Å². The third-order valence-corrected chi connectivity index (χ3v) is 13.3. The Morgan fingerprint density at radius 1 is 0.508 bits per heavy atom. The van der Waals surface area contributed by atoms with Crippen LogP contribution in [0.2, 0.25) is 0 Å². The van der Waals surface area contributed by atoms with Gasteiger partial charge in [-0.25, -0.2) is 4.98 Å². The van der Waals surface area contributed by atoms with Crippen molar-refractivity contribution in [1.29, 1.82) is 0 Å². The third-order valence-electron chi connectivity index (χ3n) is 12.3. The van der Waals surface area contributed by atoms with Gasteiger partial charge in [0.25, 0.3) is 0 Å². The van der Waals surface area contributed by atoms with Gasteiger partial charge in [0, 0.05) is 54.0 Å².